The molecule has 1 aliphatic rings. The van der Waals surface area contributed by atoms with Gasteiger partial charge < -0.3 is 10.6 Å². The van der Waals surface area contributed by atoms with Crippen LogP contribution in [0.5, 0.6) is 0 Å². The first kappa shape index (κ1) is 16.8. The van der Waals surface area contributed by atoms with E-state index in [0.29, 0.717) is 0 Å². The molecule has 0 bridgehead atoms. The molecule has 2 N–H and O–H groups in total. The van der Waals surface area contributed by atoms with Crippen molar-refractivity contribution in [1.29, 1.82) is 0 Å². The molecule has 0 aromatic heterocycles. The van der Waals surface area contributed by atoms with Crippen LogP contribution < -0.4 is 10.6 Å². The van der Waals surface area contributed by atoms with Gasteiger partial charge in [-0.1, -0.05) is 42.3 Å². The minimum absolute atomic E-state index is 0.260. The average molecular weight is 353 g/mol. The summed E-state index contributed by atoms with van der Waals surface area (Å²) in [6, 6.07) is 7.06. The third kappa shape index (κ3) is 4.72. The Labute approximate surface area is 138 Å². The second-order valence-corrected chi connectivity index (χ2v) is 7.19. The smallest absolute Gasteiger partial charge is 0.0377 e. The fourth-order valence-electron chi connectivity index (χ4n) is 3.16. The summed E-state index contributed by atoms with van der Waals surface area (Å²) in [6.45, 7) is 6.85. The quantitative estimate of drug-likeness (QED) is 0.828. The molecule has 1 aromatic rings. The third-order valence-corrected chi connectivity index (χ3v) is 5.57. The zero-order chi connectivity index (χ0) is 15.2. The van der Waals surface area contributed by atoms with Gasteiger partial charge in [-0.2, -0.15) is 0 Å². The molecule has 2 rings (SSSR count). The highest BCUT2D eigenvalue weighted by Crippen LogP contribution is 2.28. The van der Waals surface area contributed by atoms with Gasteiger partial charge in [0, 0.05) is 29.3 Å². The number of anilines is 1. The second-order valence-electron chi connectivity index (χ2n) is 6.34. The Balaban J connectivity index is 2.05. The molecule has 1 aromatic carbocycles. The molecule has 2 atom stereocenters. The number of nitrogens with two attached hydrogens (primary N) is 1. The van der Waals surface area contributed by atoms with E-state index in [1.807, 2.05) is 0 Å². The van der Waals surface area contributed by atoms with Gasteiger partial charge in [0.2, 0.25) is 0 Å². The molecular weight excluding hydrogens is 324 g/mol. The van der Waals surface area contributed by atoms with Gasteiger partial charge in [0.1, 0.15) is 0 Å². The molecular formula is C18H29BrN2. The van der Waals surface area contributed by atoms with E-state index in [0.717, 1.165) is 18.8 Å². The van der Waals surface area contributed by atoms with Crippen molar-refractivity contribution in [2.45, 2.75) is 58.4 Å². The molecule has 2 nitrogen and oxygen atoms in total. The SMILES string of the molecule is CCC(N)Cc1ccc(N2CCCC(CC)CC2)cc1Br. The van der Waals surface area contributed by atoms with Gasteiger partial charge in [0.05, 0.1) is 0 Å². The van der Waals surface area contributed by atoms with Crippen LogP contribution in [0.1, 0.15) is 51.5 Å². The summed E-state index contributed by atoms with van der Waals surface area (Å²) < 4.78 is 1.21. The van der Waals surface area contributed by atoms with Crippen molar-refractivity contribution < 1.29 is 0 Å². The molecule has 0 saturated carbocycles. The summed E-state index contributed by atoms with van der Waals surface area (Å²) in [5.41, 5.74) is 8.76. The maximum Gasteiger partial charge on any atom is 0.0377 e. The molecule has 0 spiro atoms. The molecule has 21 heavy (non-hydrogen) atoms. The highest BCUT2D eigenvalue weighted by atomic mass is 79.9. The van der Waals surface area contributed by atoms with E-state index in [1.165, 1.54) is 54.5 Å². The average Bonchev–Trinajstić information content (AvgIpc) is 2.74. The van der Waals surface area contributed by atoms with Crippen LogP contribution in [0.25, 0.3) is 0 Å². The van der Waals surface area contributed by atoms with Crippen molar-refractivity contribution in [2.24, 2.45) is 11.7 Å². The molecule has 2 unspecified atom stereocenters. The lowest BCUT2D eigenvalue weighted by Crippen LogP contribution is -2.24. The van der Waals surface area contributed by atoms with Gasteiger partial charge >= 0.3 is 0 Å². The van der Waals surface area contributed by atoms with Crippen LogP contribution in [0, 0.1) is 5.92 Å². The summed E-state index contributed by atoms with van der Waals surface area (Å²) in [6.07, 6.45) is 7.34. The maximum absolute atomic E-state index is 6.07. The minimum atomic E-state index is 0.260. The Morgan fingerprint density at radius 2 is 2.10 bits per heavy atom. The van der Waals surface area contributed by atoms with Gasteiger partial charge in [0.15, 0.2) is 0 Å². The van der Waals surface area contributed by atoms with Crippen molar-refractivity contribution in [3.8, 4) is 0 Å². The lowest BCUT2D eigenvalue weighted by molar-refractivity contribution is 0.459. The van der Waals surface area contributed by atoms with Crippen molar-refractivity contribution >= 4 is 21.6 Å². The highest BCUT2D eigenvalue weighted by molar-refractivity contribution is 9.10. The number of nitrogens with zero attached hydrogens (tertiary/aromatic N) is 1. The standard InChI is InChI=1S/C18H29BrN2/c1-3-14-6-5-10-21(11-9-14)17-8-7-15(18(19)13-17)12-16(20)4-2/h7-8,13-14,16H,3-6,9-12,20H2,1-2H3. The van der Waals surface area contributed by atoms with Gasteiger partial charge in [0.25, 0.3) is 0 Å². The van der Waals surface area contributed by atoms with E-state index >= 15 is 0 Å². The Hall–Kier alpha value is -0.540. The van der Waals surface area contributed by atoms with Crippen LogP contribution in [-0.2, 0) is 6.42 Å². The topological polar surface area (TPSA) is 29.3 Å². The first-order chi connectivity index (χ1) is 10.1. The summed E-state index contributed by atoms with van der Waals surface area (Å²) in [5.74, 6) is 0.917. The van der Waals surface area contributed by atoms with Crippen molar-refractivity contribution in [2.75, 3.05) is 18.0 Å². The van der Waals surface area contributed by atoms with Crippen molar-refractivity contribution in [3.63, 3.8) is 0 Å². The molecule has 1 saturated heterocycles. The van der Waals surface area contributed by atoms with Crippen LogP contribution in [0.4, 0.5) is 5.69 Å². The monoisotopic (exact) mass is 352 g/mol. The number of benzene rings is 1. The van der Waals surface area contributed by atoms with E-state index in [1.54, 1.807) is 0 Å². The predicted octanol–water partition coefficient (Wildman–Crippen LogP) is 4.75. The Morgan fingerprint density at radius 3 is 2.76 bits per heavy atom. The van der Waals surface area contributed by atoms with Gasteiger partial charge in [-0.05, 0) is 55.7 Å². The zero-order valence-electron chi connectivity index (χ0n) is 13.4. The number of hydrogen-bond acceptors (Lipinski definition) is 2. The fraction of sp³-hybridized carbons (Fsp3) is 0.667. The molecule has 0 aliphatic carbocycles. The molecule has 1 fully saturated rings. The summed E-state index contributed by atoms with van der Waals surface area (Å²) in [5, 5.41) is 0. The number of hydrogen-bond donors (Lipinski definition) is 1. The fourth-order valence-corrected chi connectivity index (χ4v) is 3.69. The van der Waals surface area contributed by atoms with Crippen molar-refractivity contribution in [1.82, 2.24) is 0 Å². The molecule has 0 radical (unpaired) electrons. The van der Waals surface area contributed by atoms with E-state index in [-0.39, 0.29) is 6.04 Å². The van der Waals surface area contributed by atoms with Crippen molar-refractivity contribution in [3.05, 3.63) is 28.2 Å². The molecule has 1 heterocycles. The van der Waals surface area contributed by atoms with Crippen LogP contribution in [0.3, 0.4) is 0 Å². The second kappa shape index (κ2) is 8.19. The first-order valence-corrected chi connectivity index (χ1v) is 9.22. The summed E-state index contributed by atoms with van der Waals surface area (Å²) in [4.78, 5) is 2.55. The summed E-state index contributed by atoms with van der Waals surface area (Å²) >= 11 is 3.73. The van der Waals surface area contributed by atoms with Crippen LogP contribution in [-0.4, -0.2) is 19.1 Å². The lowest BCUT2D eigenvalue weighted by Gasteiger charge is -2.24. The predicted molar refractivity (Wildman–Crippen MR) is 96.0 cm³/mol. The largest absolute Gasteiger partial charge is 0.371 e. The molecule has 118 valence electrons. The van der Waals surface area contributed by atoms with E-state index in [9.17, 15) is 0 Å². The Morgan fingerprint density at radius 1 is 1.29 bits per heavy atom. The van der Waals surface area contributed by atoms with Crippen LogP contribution >= 0.6 is 15.9 Å². The van der Waals surface area contributed by atoms with E-state index in [2.05, 4.69) is 52.9 Å². The number of halogens is 1. The Kier molecular flexibility index (Phi) is 6.56. The van der Waals surface area contributed by atoms with Gasteiger partial charge in [-0.3, -0.25) is 0 Å². The molecule has 3 heteroatoms. The number of rotatable bonds is 5. The van der Waals surface area contributed by atoms with Crippen LogP contribution in [0.15, 0.2) is 22.7 Å². The highest BCUT2D eigenvalue weighted by Gasteiger charge is 2.16. The Bertz CT molecular complexity index is 447. The van der Waals surface area contributed by atoms with Crippen LogP contribution in [0.2, 0.25) is 0 Å². The van der Waals surface area contributed by atoms with Gasteiger partial charge in [-0.15, -0.1) is 0 Å². The van der Waals surface area contributed by atoms with E-state index < -0.39 is 0 Å². The minimum Gasteiger partial charge on any atom is -0.371 e. The zero-order valence-corrected chi connectivity index (χ0v) is 15.0. The summed E-state index contributed by atoms with van der Waals surface area (Å²) in [7, 11) is 0. The van der Waals surface area contributed by atoms with Gasteiger partial charge in [-0.25, -0.2) is 0 Å². The normalized spacial score (nSPS) is 21.1. The molecule has 1 aliphatic heterocycles. The first-order valence-electron chi connectivity index (χ1n) is 8.43. The lowest BCUT2D eigenvalue weighted by atomic mass is 9.98. The maximum atomic E-state index is 6.07. The molecule has 0 amide bonds. The third-order valence-electron chi connectivity index (χ3n) is 4.83. The van der Waals surface area contributed by atoms with E-state index in [4.69, 9.17) is 5.73 Å².